The minimum absolute atomic E-state index is 0.0771. The minimum atomic E-state index is -0.281. The van der Waals surface area contributed by atoms with Crippen molar-refractivity contribution in [2.24, 2.45) is 0 Å². The number of thioether (sulfide) groups is 1. The zero-order chi connectivity index (χ0) is 17.9. The van der Waals surface area contributed by atoms with Gasteiger partial charge in [-0.25, -0.2) is 0 Å². The van der Waals surface area contributed by atoms with Crippen molar-refractivity contribution in [2.75, 3.05) is 44.4 Å². The van der Waals surface area contributed by atoms with Crippen molar-refractivity contribution in [1.29, 1.82) is 0 Å². The lowest BCUT2D eigenvalue weighted by Crippen LogP contribution is -2.35. The van der Waals surface area contributed by atoms with E-state index in [9.17, 15) is 9.59 Å². The number of ether oxygens (including phenoxy) is 2. The van der Waals surface area contributed by atoms with Gasteiger partial charge in [-0.1, -0.05) is 24.3 Å². The highest BCUT2D eigenvalue weighted by Crippen LogP contribution is 2.09. The van der Waals surface area contributed by atoms with Gasteiger partial charge in [0.25, 0.3) is 0 Å². The summed E-state index contributed by atoms with van der Waals surface area (Å²) in [5, 5.41) is 2.87. The molecule has 0 unspecified atom stereocenters. The number of carbonyl (C=O) groups is 2. The van der Waals surface area contributed by atoms with Crippen LogP contribution in [0.25, 0.3) is 0 Å². The molecule has 0 radical (unpaired) electrons. The Bertz CT molecular complexity index is 545. The molecule has 6 nitrogen and oxygen atoms in total. The number of benzene rings is 1. The van der Waals surface area contributed by atoms with Gasteiger partial charge in [0.2, 0.25) is 5.91 Å². The average Bonchev–Trinajstić information content (AvgIpc) is 2.62. The molecule has 25 heavy (non-hydrogen) atoms. The van der Waals surface area contributed by atoms with Gasteiger partial charge in [0.1, 0.15) is 0 Å². The zero-order valence-electron chi connectivity index (χ0n) is 14.7. The Morgan fingerprint density at radius 2 is 1.84 bits per heavy atom. The largest absolute Gasteiger partial charge is 0.465 e. The fraction of sp³-hybridized carbons (Fsp3) is 0.556. The molecule has 0 aromatic heterocycles. The molecular weight excluding hydrogens is 340 g/mol. The maximum absolute atomic E-state index is 11.8. The van der Waals surface area contributed by atoms with Gasteiger partial charge in [-0.3, -0.25) is 14.5 Å². The highest BCUT2D eigenvalue weighted by molar-refractivity contribution is 8.00. The van der Waals surface area contributed by atoms with Crippen LogP contribution in [0.15, 0.2) is 24.3 Å². The molecule has 0 atom stereocenters. The molecule has 0 aliphatic carbocycles. The summed E-state index contributed by atoms with van der Waals surface area (Å²) in [5.41, 5.74) is 2.33. The lowest BCUT2D eigenvalue weighted by molar-refractivity contribution is -0.139. The van der Waals surface area contributed by atoms with Gasteiger partial charge in [-0.15, -0.1) is 11.8 Å². The Morgan fingerprint density at radius 3 is 2.52 bits per heavy atom. The molecule has 1 amide bonds. The minimum Gasteiger partial charge on any atom is -0.465 e. The van der Waals surface area contributed by atoms with E-state index in [1.54, 1.807) is 6.92 Å². The summed E-state index contributed by atoms with van der Waals surface area (Å²) in [5.74, 6) is 0.105. The van der Waals surface area contributed by atoms with Crippen LogP contribution in [0.4, 0.5) is 0 Å². The summed E-state index contributed by atoms with van der Waals surface area (Å²) in [7, 11) is 0. The van der Waals surface area contributed by atoms with Crippen molar-refractivity contribution in [1.82, 2.24) is 10.2 Å². The van der Waals surface area contributed by atoms with Crippen LogP contribution in [0.2, 0.25) is 0 Å². The van der Waals surface area contributed by atoms with Gasteiger partial charge in [0.05, 0.1) is 31.3 Å². The number of esters is 1. The fourth-order valence-corrected chi connectivity index (χ4v) is 3.10. The number of nitrogens with zero attached hydrogens (tertiary/aromatic N) is 1. The summed E-state index contributed by atoms with van der Waals surface area (Å²) in [6.07, 6.45) is 0. The molecule has 1 aliphatic rings. The normalized spacial score (nSPS) is 14.9. The summed E-state index contributed by atoms with van der Waals surface area (Å²) < 4.78 is 10.2. The van der Waals surface area contributed by atoms with Gasteiger partial charge in [-0.05, 0) is 18.1 Å². The second kappa shape index (κ2) is 11.1. The van der Waals surface area contributed by atoms with Gasteiger partial charge < -0.3 is 14.8 Å². The van der Waals surface area contributed by atoms with Gasteiger partial charge in [0, 0.05) is 26.2 Å². The lowest BCUT2D eigenvalue weighted by atomic mass is 10.1. The van der Waals surface area contributed by atoms with Gasteiger partial charge >= 0.3 is 5.97 Å². The molecule has 1 saturated heterocycles. The second-order valence-electron chi connectivity index (χ2n) is 5.78. The molecule has 2 rings (SSSR count). The van der Waals surface area contributed by atoms with E-state index < -0.39 is 0 Å². The summed E-state index contributed by atoms with van der Waals surface area (Å²) in [6.45, 7) is 7.12. The summed E-state index contributed by atoms with van der Waals surface area (Å²) >= 11 is 1.26. The Morgan fingerprint density at radius 1 is 1.16 bits per heavy atom. The Balaban J connectivity index is 1.65. The van der Waals surface area contributed by atoms with E-state index in [0.717, 1.165) is 38.4 Å². The van der Waals surface area contributed by atoms with Gasteiger partial charge in [-0.2, -0.15) is 0 Å². The molecular formula is C18H26N2O4S. The Hall–Kier alpha value is -1.57. The number of hydrogen-bond acceptors (Lipinski definition) is 6. The number of rotatable bonds is 9. The summed E-state index contributed by atoms with van der Waals surface area (Å²) in [4.78, 5) is 25.4. The van der Waals surface area contributed by atoms with Crippen molar-refractivity contribution < 1.29 is 19.1 Å². The Kier molecular flexibility index (Phi) is 8.79. The molecule has 1 aromatic carbocycles. The quantitative estimate of drug-likeness (QED) is 0.667. The van der Waals surface area contributed by atoms with E-state index >= 15 is 0 Å². The third-order valence-electron chi connectivity index (χ3n) is 3.78. The first-order valence-corrected chi connectivity index (χ1v) is 9.71. The van der Waals surface area contributed by atoms with E-state index in [-0.39, 0.29) is 23.4 Å². The number of amides is 1. The molecule has 1 fully saturated rings. The zero-order valence-corrected chi connectivity index (χ0v) is 15.5. The number of nitrogens with one attached hydrogen (secondary N) is 1. The third-order valence-corrected chi connectivity index (χ3v) is 4.69. The first-order chi connectivity index (χ1) is 12.2. The molecule has 138 valence electrons. The van der Waals surface area contributed by atoms with Crippen LogP contribution in [0.5, 0.6) is 0 Å². The van der Waals surface area contributed by atoms with E-state index in [1.165, 1.54) is 17.3 Å². The first-order valence-electron chi connectivity index (χ1n) is 8.55. The van der Waals surface area contributed by atoms with Crippen molar-refractivity contribution in [2.45, 2.75) is 20.0 Å². The molecule has 1 N–H and O–H groups in total. The van der Waals surface area contributed by atoms with Crippen molar-refractivity contribution in [3.63, 3.8) is 0 Å². The van der Waals surface area contributed by atoms with E-state index in [2.05, 4.69) is 22.3 Å². The second-order valence-corrected chi connectivity index (χ2v) is 6.77. The van der Waals surface area contributed by atoms with Crippen LogP contribution in [-0.4, -0.2) is 61.2 Å². The average molecular weight is 366 g/mol. The highest BCUT2D eigenvalue weighted by atomic mass is 32.2. The molecule has 1 aromatic rings. The molecule has 1 heterocycles. The fourth-order valence-electron chi connectivity index (χ4n) is 2.46. The predicted octanol–water partition coefficient (Wildman–Crippen LogP) is 1.43. The predicted molar refractivity (Wildman–Crippen MR) is 98.3 cm³/mol. The monoisotopic (exact) mass is 366 g/mol. The topological polar surface area (TPSA) is 67.9 Å². The third kappa shape index (κ3) is 7.90. The molecule has 7 heteroatoms. The van der Waals surface area contributed by atoms with Crippen LogP contribution in [0.1, 0.15) is 18.1 Å². The van der Waals surface area contributed by atoms with Crippen LogP contribution >= 0.6 is 11.8 Å². The molecule has 1 aliphatic heterocycles. The van der Waals surface area contributed by atoms with E-state index in [0.29, 0.717) is 13.2 Å². The van der Waals surface area contributed by atoms with Gasteiger partial charge in [0.15, 0.2) is 0 Å². The standard InChI is InChI=1S/C18H26N2O4S/c1-2-24-18(22)14-25-13-17(21)19-11-15-3-5-16(6-4-15)12-20-7-9-23-10-8-20/h3-6H,2,7-14H2,1H3,(H,19,21). The number of morpholine rings is 1. The maximum Gasteiger partial charge on any atom is 0.315 e. The van der Waals surface area contributed by atoms with E-state index in [4.69, 9.17) is 9.47 Å². The smallest absolute Gasteiger partial charge is 0.315 e. The van der Waals surface area contributed by atoms with E-state index in [1.807, 2.05) is 12.1 Å². The lowest BCUT2D eigenvalue weighted by Gasteiger charge is -2.26. The first kappa shape index (κ1) is 19.8. The number of carbonyl (C=O) groups excluding carboxylic acids is 2. The Labute approximate surface area is 153 Å². The van der Waals surface area contributed by atoms with Crippen LogP contribution in [0, 0.1) is 0 Å². The van der Waals surface area contributed by atoms with Crippen LogP contribution in [-0.2, 0) is 32.2 Å². The molecule has 0 spiro atoms. The van der Waals surface area contributed by atoms with Crippen molar-refractivity contribution in [3.8, 4) is 0 Å². The SMILES string of the molecule is CCOC(=O)CSCC(=O)NCc1ccc(CN2CCOCC2)cc1. The summed E-state index contributed by atoms with van der Waals surface area (Å²) in [6, 6.07) is 8.29. The number of hydrogen-bond donors (Lipinski definition) is 1. The maximum atomic E-state index is 11.8. The molecule has 0 bridgehead atoms. The molecule has 0 saturated carbocycles. The van der Waals surface area contributed by atoms with Crippen LogP contribution < -0.4 is 5.32 Å². The van der Waals surface area contributed by atoms with Crippen molar-refractivity contribution in [3.05, 3.63) is 35.4 Å². The highest BCUT2D eigenvalue weighted by Gasteiger charge is 2.10. The van der Waals surface area contributed by atoms with Crippen molar-refractivity contribution >= 4 is 23.6 Å². The van der Waals surface area contributed by atoms with Crippen LogP contribution in [0.3, 0.4) is 0 Å².